The maximum Gasteiger partial charge on any atom is 0.325 e. The van der Waals surface area contributed by atoms with E-state index in [2.05, 4.69) is 10.4 Å². The fraction of sp³-hybridized carbons (Fsp3) is 0.286. The van der Waals surface area contributed by atoms with E-state index >= 15 is 0 Å². The number of benzene rings is 1. The number of nitrogens with one attached hydrogen (secondary N) is 1. The fourth-order valence-corrected chi connectivity index (χ4v) is 2.58. The SMILES string of the molecule is O=C(O)Cn1nc(-c2ccc(F)cc2F)c2c1CCNC2. The third-order valence-electron chi connectivity index (χ3n) is 3.48. The molecule has 0 amide bonds. The van der Waals surface area contributed by atoms with E-state index < -0.39 is 17.6 Å². The molecular formula is C14H13F2N3O2. The number of nitrogens with zero attached hydrogens (tertiary/aromatic N) is 2. The van der Waals surface area contributed by atoms with Gasteiger partial charge in [-0.2, -0.15) is 5.10 Å². The van der Waals surface area contributed by atoms with Crippen molar-refractivity contribution in [3.63, 3.8) is 0 Å². The second-order valence-corrected chi connectivity index (χ2v) is 4.88. The van der Waals surface area contributed by atoms with Crippen LogP contribution in [0.25, 0.3) is 11.3 Å². The van der Waals surface area contributed by atoms with Gasteiger partial charge in [0.25, 0.3) is 0 Å². The quantitative estimate of drug-likeness (QED) is 0.901. The molecular weight excluding hydrogens is 280 g/mol. The minimum absolute atomic E-state index is 0.181. The third-order valence-corrected chi connectivity index (χ3v) is 3.48. The number of rotatable bonds is 3. The van der Waals surface area contributed by atoms with Gasteiger partial charge in [-0.15, -0.1) is 0 Å². The van der Waals surface area contributed by atoms with Gasteiger partial charge < -0.3 is 10.4 Å². The van der Waals surface area contributed by atoms with Gasteiger partial charge in [-0.3, -0.25) is 9.48 Å². The van der Waals surface area contributed by atoms with Crippen molar-refractivity contribution in [3.8, 4) is 11.3 Å². The first-order chi connectivity index (χ1) is 10.1. The molecule has 21 heavy (non-hydrogen) atoms. The van der Waals surface area contributed by atoms with Crippen molar-refractivity contribution in [2.75, 3.05) is 6.54 Å². The van der Waals surface area contributed by atoms with Crippen molar-refractivity contribution in [1.29, 1.82) is 0 Å². The fourth-order valence-electron chi connectivity index (χ4n) is 2.58. The van der Waals surface area contributed by atoms with E-state index in [1.54, 1.807) is 0 Å². The highest BCUT2D eigenvalue weighted by atomic mass is 19.1. The summed E-state index contributed by atoms with van der Waals surface area (Å²) in [6.07, 6.45) is 0.623. The lowest BCUT2D eigenvalue weighted by Crippen LogP contribution is -2.25. The van der Waals surface area contributed by atoms with Gasteiger partial charge in [-0.25, -0.2) is 8.78 Å². The first kappa shape index (κ1) is 13.7. The number of hydrogen-bond acceptors (Lipinski definition) is 3. The van der Waals surface area contributed by atoms with Gasteiger partial charge in [0.2, 0.25) is 0 Å². The standard InChI is InChI=1S/C14H13F2N3O2/c15-8-1-2-9(11(16)5-8)14-10-6-17-4-3-12(10)19(18-14)7-13(20)21/h1-2,5,17H,3-4,6-7H2,(H,20,21). The summed E-state index contributed by atoms with van der Waals surface area (Å²) in [6, 6.07) is 3.29. The van der Waals surface area contributed by atoms with Crippen LogP contribution < -0.4 is 5.32 Å². The second kappa shape index (κ2) is 5.25. The lowest BCUT2D eigenvalue weighted by Gasteiger charge is -2.15. The highest BCUT2D eigenvalue weighted by Gasteiger charge is 2.24. The molecule has 0 bridgehead atoms. The van der Waals surface area contributed by atoms with Crippen LogP contribution >= 0.6 is 0 Å². The molecule has 0 spiro atoms. The molecule has 0 radical (unpaired) electrons. The number of halogens is 2. The summed E-state index contributed by atoms with van der Waals surface area (Å²) in [4.78, 5) is 10.9. The first-order valence-electron chi connectivity index (χ1n) is 6.52. The zero-order valence-corrected chi connectivity index (χ0v) is 11.1. The first-order valence-corrected chi connectivity index (χ1v) is 6.52. The Balaban J connectivity index is 2.13. The number of hydrogen-bond donors (Lipinski definition) is 2. The monoisotopic (exact) mass is 293 g/mol. The van der Waals surface area contributed by atoms with Crippen molar-refractivity contribution in [2.24, 2.45) is 0 Å². The summed E-state index contributed by atoms with van der Waals surface area (Å²) < 4.78 is 28.4. The Labute approximate surface area is 119 Å². The molecule has 110 valence electrons. The van der Waals surface area contributed by atoms with Gasteiger partial charge in [-0.1, -0.05) is 0 Å². The normalized spacial score (nSPS) is 14.0. The predicted molar refractivity (Wildman–Crippen MR) is 70.6 cm³/mol. The van der Waals surface area contributed by atoms with Gasteiger partial charge in [0.05, 0.1) is 0 Å². The van der Waals surface area contributed by atoms with Crippen molar-refractivity contribution in [2.45, 2.75) is 19.5 Å². The van der Waals surface area contributed by atoms with Crippen molar-refractivity contribution in [3.05, 3.63) is 41.1 Å². The molecule has 1 aliphatic rings. The molecule has 2 N–H and O–H groups in total. The molecule has 5 nitrogen and oxygen atoms in total. The van der Waals surface area contributed by atoms with Crippen LogP contribution in [0.2, 0.25) is 0 Å². The number of carbonyl (C=O) groups is 1. The van der Waals surface area contributed by atoms with Crippen molar-refractivity contribution >= 4 is 5.97 Å². The molecule has 0 atom stereocenters. The minimum atomic E-state index is -1.01. The van der Waals surface area contributed by atoms with E-state index in [1.807, 2.05) is 0 Å². The lowest BCUT2D eigenvalue weighted by atomic mass is 10.0. The zero-order chi connectivity index (χ0) is 15.0. The number of carboxylic acid groups (broad SMARTS) is 1. The van der Waals surface area contributed by atoms with Gasteiger partial charge in [0.1, 0.15) is 23.9 Å². The number of carboxylic acids is 1. The Morgan fingerprint density at radius 2 is 2.24 bits per heavy atom. The highest BCUT2D eigenvalue weighted by molar-refractivity contribution is 5.68. The zero-order valence-electron chi connectivity index (χ0n) is 11.1. The summed E-state index contributed by atoms with van der Waals surface area (Å²) in [6.45, 7) is 0.926. The summed E-state index contributed by atoms with van der Waals surface area (Å²) in [5.74, 6) is -2.37. The van der Waals surface area contributed by atoms with E-state index in [9.17, 15) is 13.6 Å². The molecule has 0 aliphatic carbocycles. The van der Waals surface area contributed by atoms with Crippen molar-refractivity contribution in [1.82, 2.24) is 15.1 Å². The van der Waals surface area contributed by atoms with E-state index in [0.29, 0.717) is 25.2 Å². The summed E-state index contributed by atoms with van der Waals surface area (Å²) >= 11 is 0. The van der Waals surface area contributed by atoms with Gasteiger partial charge >= 0.3 is 5.97 Å². The smallest absolute Gasteiger partial charge is 0.325 e. The number of aliphatic carboxylic acids is 1. The summed E-state index contributed by atoms with van der Waals surface area (Å²) in [5, 5.41) is 16.3. The van der Waals surface area contributed by atoms with Crippen molar-refractivity contribution < 1.29 is 18.7 Å². The Morgan fingerprint density at radius 1 is 1.43 bits per heavy atom. The molecule has 3 rings (SSSR count). The summed E-state index contributed by atoms with van der Waals surface area (Å²) in [5.41, 5.74) is 2.11. The predicted octanol–water partition coefficient (Wildman–Crippen LogP) is 1.56. The Hall–Kier alpha value is -2.28. The maximum absolute atomic E-state index is 14.0. The molecule has 1 aromatic carbocycles. The summed E-state index contributed by atoms with van der Waals surface area (Å²) in [7, 11) is 0. The molecule has 7 heteroatoms. The van der Waals surface area contributed by atoms with Crippen LogP contribution in [0.4, 0.5) is 8.78 Å². The molecule has 0 unspecified atom stereocenters. The minimum Gasteiger partial charge on any atom is -0.480 e. The number of aromatic nitrogens is 2. The van der Waals surface area contributed by atoms with Crippen LogP contribution in [0.5, 0.6) is 0 Å². The largest absolute Gasteiger partial charge is 0.480 e. The van der Waals surface area contributed by atoms with Crippen LogP contribution in [-0.4, -0.2) is 27.4 Å². The average Bonchev–Trinajstić information content (AvgIpc) is 2.77. The van der Waals surface area contributed by atoms with E-state index in [4.69, 9.17) is 5.11 Å². The van der Waals surface area contributed by atoms with E-state index in [1.165, 1.54) is 10.7 Å². The maximum atomic E-state index is 14.0. The van der Waals surface area contributed by atoms with E-state index in [0.717, 1.165) is 23.4 Å². The average molecular weight is 293 g/mol. The number of fused-ring (bicyclic) bond motifs is 1. The lowest BCUT2D eigenvalue weighted by molar-refractivity contribution is -0.137. The molecule has 0 fully saturated rings. The molecule has 1 aliphatic heterocycles. The Morgan fingerprint density at radius 3 is 2.95 bits per heavy atom. The Kier molecular flexibility index (Phi) is 3.42. The molecule has 0 saturated carbocycles. The van der Waals surface area contributed by atoms with Crippen LogP contribution in [-0.2, 0) is 24.3 Å². The Bertz CT molecular complexity index is 712. The highest BCUT2D eigenvalue weighted by Crippen LogP contribution is 2.29. The molecule has 2 heterocycles. The second-order valence-electron chi connectivity index (χ2n) is 4.88. The van der Waals surface area contributed by atoms with Gasteiger partial charge in [0, 0.05) is 42.4 Å². The van der Waals surface area contributed by atoms with Crippen LogP contribution in [0.1, 0.15) is 11.3 Å². The van der Waals surface area contributed by atoms with Crippen LogP contribution in [0.15, 0.2) is 18.2 Å². The van der Waals surface area contributed by atoms with Crippen LogP contribution in [0, 0.1) is 11.6 Å². The molecule has 2 aromatic rings. The molecule has 1 aromatic heterocycles. The van der Waals surface area contributed by atoms with Crippen LogP contribution in [0.3, 0.4) is 0 Å². The molecule has 0 saturated heterocycles. The topological polar surface area (TPSA) is 67.1 Å². The van der Waals surface area contributed by atoms with Gasteiger partial charge in [-0.05, 0) is 12.1 Å². The van der Waals surface area contributed by atoms with E-state index in [-0.39, 0.29) is 12.1 Å². The van der Waals surface area contributed by atoms with Gasteiger partial charge in [0.15, 0.2) is 0 Å². The third kappa shape index (κ3) is 2.52.